The molecule has 0 unspecified atom stereocenters. The summed E-state index contributed by atoms with van der Waals surface area (Å²) in [6.07, 6.45) is 0. The van der Waals surface area contributed by atoms with Gasteiger partial charge in [-0.2, -0.15) is 0 Å². The number of primary amides is 1. The minimum Gasteiger partial charge on any atom is -0.489 e. The molecule has 23 heavy (non-hydrogen) atoms. The smallest absolute Gasteiger partial charge is 0.223 e. The van der Waals surface area contributed by atoms with Crippen LogP contribution in [0.5, 0.6) is 5.75 Å². The van der Waals surface area contributed by atoms with E-state index in [9.17, 15) is 4.79 Å². The fourth-order valence-electron chi connectivity index (χ4n) is 2.58. The molecule has 2 N–H and O–H groups in total. The molecule has 2 aromatic rings. The SMILES string of the molecule is NC(=O)C1CN(Cc2ccc(OCc3ccc(Br)cc3)cc2)C1. The summed E-state index contributed by atoms with van der Waals surface area (Å²) in [7, 11) is 0. The van der Waals surface area contributed by atoms with Crippen molar-refractivity contribution >= 4 is 21.8 Å². The molecule has 4 nitrogen and oxygen atoms in total. The van der Waals surface area contributed by atoms with Crippen LogP contribution in [0.1, 0.15) is 11.1 Å². The molecule has 5 heteroatoms. The highest BCUT2D eigenvalue weighted by Crippen LogP contribution is 2.20. The van der Waals surface area contributed by atoms with E-state index in [-0.39, 0.29) is 11.8 Å². The largest absolute Gasteiger partial charge is 0.489 e. The molecule has 1 saturated heterocycles. The third kappa shape index (κ3) is 4.33. The number of hydrogen-bond donors (Lipinski definition) is 1. The quantitative estimate of drug-likeness (QED) is 0.845. The van der Waals surface area contributed by atoms with Crippen LogP contribution in [0.2, 0.25) is 0 Å². The van der Waals surface area contributed by atoms with Crippen LogP contribution in [-0.2, 0) is 17.9 Å². The van der Waals surface area contributed by atoms with Crippen molar-refractivity contribution in [3.63, 3.8) is 0 Å². The number of rotatable bonds is 6. The Bertz CT molecular complexity index is 664. The number of likely N-dealkylation sites (tertiary alicyclic amines) is 1. The van der Waals surface area contributed by atoms with Gasteiger partial charge in [-0.15, -0.1) is 0 Å². The summed E-state index contributed by atoms with van der Waals surface area (Å²) in [6, 6.07) is 16.2. The summed E-state index contributed by atoms with van der Waals surface area (Å²) in [5, 5.41) is 0. The van der Waals surface area contributed by atoms with Gasteiger partial charge in [0.1, 0.15) is 12.4 Å². The zero-order valence-corrected chi connectivity index (χ0v) is 14.3. The van der Waals surface area contributed by atoms with Crippen molar-refractivity contribution in [1.82, 2.24) is 4.90 Å². The van der Waals surface area contributed by atoms with Crippen LogP contribution in [-0.4, -0.2) is 23.9 Å². The van der Waals surface area contributed by atoms with E-state index in [1.165, 1.54) is 5.56 Å². The normalized spacial score (nSPS) is 15.2. The Labute approximate surface area is 144 Å². The van der Waals surface area contributed by atoms with E-state index >= 15 is 0 Å². The third-order valence-electron chi connectivity index (χ3n) is 4.01. The molecule has 2 aromatic carbocycles. The number of amides is 1. The van der Waals surface area contributed by atoms with Crippen LogP contribution in [0, 0.1) is 5.92 Å². The first kappa shape index (κ1) is 16.0. The lowest BCUT2D eigenvalue weighted by Gasteiger charge is -2.37. The monoisotopic (exact) mass is 374 g/mol. The second kappa shape index (κ2) is 7.15. The average molecular weight is 375 g/mol. The van der Waals surface area contributed by atoms with Gasteiger partial charge in [0.25, 0.3) is 0 Å². The minimum absolute atomic E-state index is 0.0171. The Hall–Kier alpha value is -1.85. The summed E-state index contributed by atoms with van der Waals surface area (Å²) in [5.74, 6) is 0.678. The van der Waals surface area contributed by atoms with Gasteiger partial charge >= 0.3 is 0 Å². The lowest BCUT2D eigenvalue weighted by molar-refractivity contribution is -0.127. The van der Waals surface area contributed by atoms with E-state index in [0.29, 0.717) is 6.61 Å². The van der Waals surface area contributed by atoms with Gasteiger partial charge in [-0.05, 0) is 35.4 Å². The van der Waals surface area contributed by atoms with Crippen molar-refractivity contribution in [1.29, 1.82) is 0 Å². The lowest BCUT2D eigenvalue weighted by atomic mass is 9.99. The predicted octanol–water partition coefficient (Wildman–Crippen LogP) is 2.95. The average Bonchev–Trinajstić information content (AvgIpc) is 2.51. The van der Waals surface area contributed by atoms with Crippen molar-refractivity contribution in [2.75, 3.05) is 13.1 Å². The van der Waals surface area contributed by atoms with E-state index in [4.69, 9.17) is 10.5 Å². The Morgan fingerprint density at radius 3 is 2.30 bits per heavy atom. The van der Waals surface area contributed by atoms with Gasteiger partial charge < -0.3 is 10.5 Å². The Kier molecular flexibility index (Phi) is 4.98. The van der Waals surface area contributed by atoms with Crippen molar-refractivity contribution in [2.45, 2.75) is 13.2 Å². The first-order chi connectivity index (χ1) is 11.1. The number of carbonyl (C=O) groups is 1. The zero-order chi connectivity index (χ0) is 16.2. The molecule has 0 bridgehead atoms. The van der Waals surface area contributed by atoms with Crippen LogP contribution >= 0.6 is 15.9 Å². The molecular weight excluding hydrogens is 356 g/mol. The number of nitrogens with zero attached hydrogens (tertiary/aromatic N) is 1. The molecule has 1 aliphatic heterocycles. The second-order valence-electron chi connectivity index (χ2n) is 5.85. The fraction of sp³-hybridized carbons (Fsp3) is 0.278. The highest BCUT2D eigenvalue weighted by Gasteiger charge is 2.30. The molecular formula is C18H19BrN2O2. The zero-order valence-electron chi connectivity index (χ0n) is 12.7. The Balaban J connectivity index is 1.47. The minimum atomic E-state index is -0.196. The maximum absolute atomic E-state index is 11.0. The molecule has 120 valence electrons. The van der Waals surface area contributed by atoms with Gasteiger partial charge in [-0.1, -0.05) is 40.2 Å². The summed E-state index contributed by atoms with van der Waals surface area (Å²) in [6.45, 7) is 2.92. The number of nitrogens with two attached hydrogens (primary N) is 1. The molecule has 3 rings (SSSR count). The lowest BCUT2D eigenvalue weighted by Crippen LogP contribution is -2.51. The van der Waals surface area contributed by atoms with Gasteiger partial charge in [0.2, 0.25) is 5.91 Å². The number of ether oxygens (including phenoxy) is 1. The van der Waals surface area contributed by atoms with Crippen molar-refractivity contribution < 1.29 is 9.53 Å². The molecule has 0 saturated carbocycles. The topological polar surface area (TPSA) is 55.6 Å². The number of halogens is 1. The van der Waals surface area contributed by atoms with Crippen LogP contribution in [0.15, 0.2) is 53.0 Å². The fourth-order valence-corrected chi connectivity index (χ4v) is 2.84. The highest BCUT2D eigenvalue weighted by molar-refractivity contribution is 9.10. The molecule has 0 atom stereocenters. The van der Waals surface area contributed by atoms with Gasteiger partial charge in [-0.3, -0.25) is 9.69 Å². The summed E-state index contributed by atoms with van der Waals surface area (Å²) >= 11 is 3.42. The molecule has 0 spiro atoms. The van der Waals surface area contributed by atoms with E-state index in [0.717, 1.165) is 35.4 Å². The van der Waals surface area contributed by atoms with E-state index in [1.54, 1.807) is 0 Å². The van der Waals surface area contributed by atoms with E-state index in [1.807, 2.05) is 36.4 Å². The second-order valence-corrected chi connectivity index (χ2v) is 6.77. The maximum Gasteiger partial charge on any atom is 0.223 e. The molecule has 1 amide bonds. The number of carbonyl (C=O) groups excluding carboxylic acids is 1. The first-order valence-corrected chi connectivity index (χ1v) is 8.37. The Morgan fingerprint density at radius 1 is 1.09 bits per heavy atom. The molecule has 0 aromatic heterocycles. The van der Waals surface area contributed by atoms with Crippen LogP contribution in [0.25, 0.3) is 0 Å². The molecule has 0 aliphatic carbocycles. The van der Waals surface area contributed by atoms with Gasteiger partial charge in [0.05, 0.1) is 5.92 Å². The van der Waals surface area contributed by atoms with Gasteiger partial charge in [-0.25, -0.2) is 0 Å². The predicted molar refractivity (Wildman–Crippen MR) is 92.9 cm³/mol. The summed E-state index contributed by atoms with van der Waals surface area (Å²) < 4.78 is 6.86. The Morgan fingerprint density at radius 2 is 1.70 bits per heavy atom. The summed E-state index contributed by atoms with van der Waals surface area (Å²) in [4.78, 5) is 13.2. The molecule has 1 heterocycles. The van der Waals surface area contributed by atoms with Crippen LogP contribution in [0.4, 0.5) is 0 Å². The van der Waals surface area contributed by atoms with Crippen molar-refractivity contribution in [2.24, 2.45) is 11.7 Å². The number of benzene rings is 2. The van der Waals surface area contributed by atoms with Gasteiger partial charge in [0, 0.05) is 24.1 Å². The highest BCUT2D eigenvalue weighted by atomic mass is 79.9. The molecule has 1 aliphatic rings. The first-order valence-electron chi connectivity index (χ1n) is 7.58. The van der Waals surface area contributed by atoms with Crippen LogP contribution in [0.3, 0.4) is 0 Å². The van der Waals surface area contributed by atoms with Crippen molar-refractivity contribution in [3.05, 3.63) is 64.1 Å². The van der Waals surface area contributed by atoms with Crippen molar-refractivity contribution in [3.8, 4) is 5.75 Å². The molecule has 1 fully saturated rings. The van der Waals surface area contributed by atoms with Gasteiger partial charge in [0.15, 0.2) is 0 Å². The third-order valence-corrected chi connectivity index (χ3v) is 4.54. The number of hydrogen-bond acceptors (Lipinski definition) is 3. The standard InChI is InChI=1S/C18H19BrN2O2/c19-16-5-1-14(2-6-16)12-23-17-7-3-13(4-8-17)9-21-10-15(11-21)18(20)22/h1-8,15H,9-12H2,(H2,20,22). The molecule has 0 radical (unpaired) electrons. The summed E-state index contributed by atoms with van der Waals surface area (Å²) in [5.41, 5.74) is 7.62. The van der Waals surface area contributed by atoms with E-state index in [2.05, 4.69) is 33.0 Å². The van der Waals surface area contributed by atoms with E-state index < -0.39 is 0 Å². The maximum atomic E-state index is 11.0. The van der Waals surface area contributed by atoms with Crippen LogP contribution < -0.4 is 10.5 Å².